The minimum atomic E-state index is 0.0802. The van der Waals surface area contributed by atoms with Crippen LogP contribution in [-0.2, 0) is 6.42 Å². The van der Waals surface area contributed by atoms with E-state index in [1.807, 2.05) is 12.1 Å². The fraction of sp³-hybridized carbons (Fsp3) is 0.583. The van der Waals surface area contributed by atoms with Gasteiger partial charge in [-0.2, -0.15) is 0 Å². The van der Waals surface area contributed by atoms with E-state index < -0.39 is 0 Å². The average molecular weight is 238 g/mol. The zero-order valence-corrected chi connectivity index (χ0v) is 10.4. The number of rotatable bonds is 4. The Kier molecular flexibility index (Phi) is 3.96. The Morgan fingerprint density at radius 2 is 2.50 bits per heavy atom. The van der Waals surface area contributed by atoms with Crippen LogP contribution in [0.3, 0.4) is 0 Å². The Morgan fingerprint density at radius 3 is 3.12 bits per heavy atom. The third-order valence-corrected chi connectivity index (χ3v) is 4.18. The second kappa shape index (κ2) is 5.46. The Labute approximate surface area is 100 Å². The largest absolute Gasteiger partial charge is 0.351 e. The molecule has 2 N–H and O–H groups in total. The molecule has 1 atom stereocenters. The molecular weight excluding hydrogens is 220 g/mol. The molecule has 88 valence electrons. The number of hydrogen-bond acceptors (Lipinski definition) is 3. The Balaban J connectivity index is 1.82. The second-order valence-corrected chi connectivity index (χ2v) is 5.36. The van der Waals surface area contributed by atoms with Gasteiger partial charge in [-0.1, -0.05) is 6.92 Å². The molecule has 2 heterocycles. The minimum Gasteiger partial charge on any atom is -0.351 e. The van der Waals surface area contributed by atoms with Crippen LogP contribution in [-0.4, -0.2) is 25.5 Å². The highest BCUT2D eigenvalue weighted by atomic mass is 32.1. The van der Waals surface area contributed by atoms with Crippen LogP contribution in [0.15, 0.2) is 12.1 Å². The lowest BCUT2D eigenvalue weighted by Gasteiger charge is -2.08. The Bertz CT molecular complexity index is 356. The summed E-state index contributed by atoms with van der Waals surface area (Å²) in [5.41, 5.74) is 0. The fourth-order valence-electron chi connectivity index (χ4n) is 1.90. The lowest BCUT2D eigenvalue weighted by molar-refractivity contribution is 0.0952. The van der Waals surface area contributed by atoms with Gasteiger partial charge in [0.05, 0.1) is 4.88 Å². The number of hydrogen-bond donors (Lipinski definition) is 2. The Hall–Kier alpha value is -0.870. The summed E-state index contributed by atoms with van der Waals surface area (Å²) in [4.78, 5) is 13.9. The molecule has 16 heavy (non-hydrogen) atoms. The SMILES string of the molecule is CCc1ccc(C(=O)NCC2CCNC2)s1. The van der Waals surface area contributed by atoms with E-state index in [4.69, 9.17) is 0 Å². The molecule has 1 aromatic rings. The summed E-state index contributed by atoms with van der Waals surface area (Å²) < 4.78 is 0. The molecule has 0 radical (unpaired) electrons. The highest BCUT2D eigenvalue weighted by Crippen LogP contribution is 2.16. The number of thiophene rings is 1. The van der Waals surface area contributed by atoms with Crippen LogP contribution in [0, 0.1) is 5.92 Å². The van der Waals surface area contributed by atoms with E-state index in [1.54, 1.807) is 11.3 Å². The number of aryl methyl sites for hydroxylation is 1. The van der Waals surface area contributed by atoms with Gasteiger partial charge in [-0.3, -0.25) is 4.79 Å². The highest BCUT2D eigenvalue weighted by Gasteiger charge is 2.16. The van der Waals surface area contributed by atoms with Crippen molar-refractivity contribution in [3.63, 3.8) is 0 Å². The van der Waals surface area contributed by atoms with Gasteiger partial charge < -0.3 is 10.6 Å². The van der Waals surface area contributed by atoms with Crippen molar-refractivity contribution < 1.29 is 4.79 Å². The summed E-state index contributed by atoms with van der Waals surface area (Å²) in [6.07, 6.45) is 2.18. The van der Waals surface area contributed by atoms with Crippen molar-refractivity contribution in [2.24, 2.45) is 5.92 Å². The normalized spacial score (nSPS) is 19.9. The predicted molar refractivity (Wildman–Crippen MR) is 67.0 cm³/mol. The van der Waals surface area contributed by atoms with Crippen LogP contribution >= 0.6 is 11.3 Å². The number of carbonyl (C=O) groups excluding carboxylic acids is 1. The van der Waals surface area contributed by atoms with Gasteiger partial charge >= 0.3 is 0 Å². The van der Waals surface area contributed by atoms with Crippen molar-refractivity contribution >= 4 is 17.2 Å². The molecule has 2 rings (SSSR count). The van der Waals surface area contributed by atoms with Crippen LogP contribution < -0.4 is 10.6 Å². The number of carbonyl (C=O) groups is 1. The molecule has 1 saturated heterocycles. The molecule has 0 spiro atoms. The molecule has 0 aliphatic carbocycles. The predicted octanol–water partition coefficient (Wildman–Crippen LogP) is 1.65. The summed E-state index contributed by atoms with van der Waals surface area (Å²) in [5, 5.41) is 6.31. The first-order chi connectivity index (χ1) is 7.79. The molecule has 1 aromatic heterocycles. The molecule has 1 aliphatic rings. The maximum absolute atomic E-state index is 11.8. The zero-order chi connectivity index (χ0) is 11.4. The van der Waals surface area contributed by atoms with Crippen molar-refractivity contribution in [2.75, 3.05) is 19.6 Å². The molecule has 0 saturated carbocycles. The summed E-state index contributed by atoms with van der Waals surface area (Å²) in [5.74, 6) is 0.686. The standard InChI is InChI=1S/C12H18N2OS/c1-2-10-3-4-11(16-10)12(15)14-8-9-5-6-13-7-9/h3-4,9,13H,2,5-8H2,1H3,(H,14,15). The van der Waals surface area contributed by atoms with Crippen molar-refractivity contribution in [3.8, 4) is 0 Å². The summed E-state index contributed by atoms with van der Waals surface area (Å²) in [7, 11) is 0. The molecular formula is C12H18N2OS. The molecule has 1 amide bonds. The van der Waals surface area contributed by atoms with E-state index in [0.29, 0.717) is 5.92 Å². The topological polar surface area (TPSA) is 41.1 Å². The smallest absolute Gasteiger partial charge is 0.261 e. The third-order valence-electron chi connectivity index (χ3n) is 2.95. The molecule has 0 bridgehead atoms. The lowest BCUT2D eigenvalue weighted by Crippen LogP contribution is -2.29. The van der Waals surface area contributed by atoms with Crippen molar-refractivity contribution in [3.05, 3.63) is 21.9 Å². The maximum Gasteiger partial charge on any atom is 0.261 e. The Morgan fingerprint density at radius 1 is 1.62 bits per heavy atom. The van der Waals surface area contributed by atoms with E-state index in [-0.39, 0.29) is 5.91 Å². The van der Waals surface area contributed by atoms with Gasteiger partial charge in [-0.25, -0.2) is 0 Å². The average Bonchev–Trinajstić information content (AvgIpc) is 2.96. The molecule has 3 nitrogen and oxygen atoms in total. The molecule has 1 fully saturated rings. The van der Waals surface area contributed by atoms with Gasteiger partial charge in [-0.15, -0.1) is 11.3 Å². The van der Waals surface area contributed by atoms with Gasteiger partial charge in [-0.05, 0) is 44.0 Å². The fourth-order valence-corrected chi connectivity index (χ4v) is 2.77. The highest BCUT2D eigenvalue weighted by molar-refractivity contribution is 7.14. The first kappa shape index (κ1) is 11.6. The van der Waals surface area contributed by atoms with Crippen molar-refractivity contribution in [1.29, 1.82) is 0 Å². The van der Waals surface area contributed by atoms with Crippen LogP contribution in [0.5, 0.6) is 0 Å². The minimum absolute atomic E-state index is 0.0802. The zero-order valence-electron chi connectivity index (χ0n) is 9.58. The van der Waals surface area contributed by atoms with Gasteiger partial charge in [0.1, 0.15) is 0 Å². The van der Waals surface area contributed by atoms with Gasteiger partial charge in [0.15, 0.2) is 0 Å². The van der Waals surface area contributed by atoms with E-state index in [0.717, 1.165) is 30.9 Å². The summed E-state index contributed by atoms with van der Waals surface area (Å²) >= 11 is 1.60. The van der Waals surface area contributed by atoms with Crippen LogP contribution in [0.1, 0.15) is 27.9 Å². The molecule has 4 heteroatoms. The van der Waals surface area contributed by atoms with Crippen LogP contribution in [0.25, 0.3) is 0 Å². The monoisotopic (exact) mass is 238 g/mol. The summed E-state index contributed by atoms with van der Waals surface area (Å²) in [6, 6.07) is 3.96. The maximum atomic E-state index is 11.8. The van der Waals surface area contributed by atoms with Crippen molar-refractivity contribution in [1.82, 2.24) is 10.6 Å². The molecule has 1 unspecified atom stereocenters. The third kappa shape index (κ3) is 2.83. The van der Waals surface area contributed by atoms with Crippen LogP contribution in [0.2, 0.25) is 0 Å². The van der Waals surface area contributed by atoms with Crippen molar-refractivity contribution in [2.45, 2.75) is 19.8 Å². The van der Waals surface area contributed by atoms with E-state index >= 15 is 0 Å². The first-order valence-electron chi connectivity index (χ1n) is 5.87. The van der Waals surface area contributed by atoms with Gasteiger partial charge in [0.2, 0.25) is 0 Å². The quantitative estimate of drug-likeness (QED) is 0.837. The summed E-state index contributed by atoms with van der Waals surface area (Å²) in [6.45, 7) is 5.02. The van der Waals surface area contributed by atoms with E-state index in [9.17, 15) is 4.79 Å². The van der Waals surface area contributed by atoms with E-state index in [2.05, 4.69) is 17.6 Å². The lowest BCUT2D eigenvalue weighted by atomic mass is 10.1. The van der Waals surface area contributed by atoms with Crippen LogP contribution in [0.4, 0.5) is 0 Å². The van der Waals surface area contributed by atoms with Gasteiger partial charge in [0, 0.05) is 11.4 Å². The number of nitrogens with one attached hydrogen (secondary N) is 2. The number of amides is 1. The van der Waals surface area contributed by atoms with E-state index in [1.165, 1.54) is 11.3 Å². The molecule has 0 aromatic carbocycles. The van der Waals surface area contributed by atoms with Gasteiger partial charge in [0.25, 0.3) is 5.91 Å². The second-order valence-electron chi connectivity index (χ2n) is 4.19. The molecule has 1 aliphatic heterocycles. The first-order valence-corrected chi connectivity index (χ1v) is 6.69.